The van der Waals surface area contributed by atoms with Crippen molar-refractivity contribution in [3.05, 3.63) is 71.3 Å². The van der Waals surface area contributed by atoms with E-state index >= 15 is 0 Å². The first-order valence-electron chi connectivity index (χ1n) is 7.17. The van der Waals surface area contributed by atoms with Gasteiger partial charge in [0, 0.05) is 12.0 Å². The lowest BCUT2D eigenvalue weighted by atomic mass is 9.86. The summed E-state index contributed by atoms with van der Waals surface area (Å²) in [5, 5.41) is 3.68. The van der Waals surface area contributed by atoms with E-state index in [1.807, 2.05) is 0 Å². The standard InChI is InChI=1S/C18H21N/c1-14-7-5-6-10-16(14)17-11-12-19-18(17)13-15-8-3-2-4-9-15/h2-10,17-19H,11-13H2,1H3. The van der Waals surface area contributed by atoms with E-state index in [4.69, 9.17) is 0 Å². The first kappa shape index (κ1) is 12.4. The molecule has 2 atom stereocenters. The van der Waals surface area contributed by atoms with Crippen molar-refractivity contribution in [3.63, 3.8) is 0 Å². The van der Waals surface area contributed by atoms with Crippen LogP contribution in [0.1, 0.15) is 29.0 Å². The van der Waals surface area contributed by atoms with Crippen LogP contribution in [0.5, 0.6) is 0 Å². The summed E-state index contributed by atoms with van der Waals surface area (Å²) in [6, 6.07) is 20.2. The van der Waals surface area contributed by atoms with Crippen LogP contribution in [0.3, 0.4) is 0 Å². The maximum atomic E-state index is 3.68. The predicted molar refractivity (Wildman–Crippen MR) is 80.5 cm³/mol. The summed E-state index contributed by atoms with van der Waals surface area (Å²) in [5.41, 5.74) is 4.38. The van der Waals surface area contributed by atoms with Crippen LogP contribution in [0.15, 0.2) is 54.6 Å². The van der Waals surface area contributed by atoms with Gasteiger partial charge in [-0.25, -0.2) is 0 Å². The Hall–Kier alpha value is -1.60. The van der Waals surface area contributed by atoms with Gasteiger partial charge in [-0.15, -0.1) is 0 Å². The normalized spacial score (nSPS) is 22.6. The van der Waals surface area contributed by atoms with Crippen LogP contribution in [0.4, 0.5) is 0 Å². The third kappa shape index (κ3) is 2.71. The highest BCUT2D eigenvalue weighted by Gasteiger charge is 2.28. The minimum Gasteiger partial charge on any atom is -0.313 e. The SMILES string of the molecule is Cc1ccccc1C1CCNC1Cc1ccccc1. The zero-order valence-electron chi connectivity index (χ0n) is 11.5. The molecule has 2 unspecified atom stereocenters. The van der Waals surface area contributed by atoms with Crippen LogP contribution in [0.25, 0.3) is 0 Å². The third-order valence-electron chi connectivity index (χ3n) is 4.23. The molecular weight excluding hydrogens is 230 g/mol. The third-order valence-corrected chi connectivity index (χ3v) is 4.23. The molecule has 1 fully saturated rings. The van der Waals surface area contributed by atoms with Gasteiger partial charge in [0.1, 0.15) is 0 Å². The summed E-state index contributed by atoms with van der Waals surface area (Å²) in [7, 11) is 0. The average Bonchev–Trinajstić information content (AvgIpc) is 2.88. The van der Waals surface area contributed by atoms with Crippen LogP contribution < -0.4 is 5.32 Å². The number of benzene rings is 2. The summed E-state index contributed by atoms with van der Waals surface area (Å²) in [4.78, 5) is 0. The van der Waals surface area contributed by atoms with E-state index in [0.717, 1.165) is 13.0 Å². The van der Waals surface area contributed by atoms with Gasteiger partial charge in [-0.2, -0.15) is 0 Å². The Morgan fingerprint density at radius 2 is 1.74 bits per heavy atom. The van der Waals surface area contributed by atoms with E-state index < -0.39 is 0 Å². The molecule has 19 heavy (non-hydrogen) atoms. The quantitative estimate of drug-likeness (QED) is 0.877. The van der Waals surface area contributed by atoms with Crippen LogP contribution >= 0.6 is 0 Å². The molecule has 1 aliphatic rings. The summed E-state index contributed by atoms with van der Waals surface area (Å²) in [5.74, 6) is 0.654. The van der Waals surface area contributed by atoms with Gasteiger partial charge in [-0.05, 0) is 43.0 Å². The number of hydrogen-bond donors (Lipinski definition) is 1. The van der Waals surface area contributed by atoms with Crippen molar-refractivity contribution in [2.75, 3.05) is 6.54 Å². The van der Waals surface area contributed by atoms with Crippen molar-refractivity contribution in [2.45, 2.75) is 31.7 Å². The Morgan fingerprint density at radius 1 is 1.00 bits per heavy atom. The molecule has 1 nitrogen and oxygen atoms in total. The van der Waals surface area contributed by atoms with Crippen molar-refractivity contribution < 1.29 is 0 Å². The van der Waals surface area contributed by atoms with Gasteiger partial charge in [0.2, 0.25) is 0 Å². The van der Waals surface area contributed by atoms with Crippen molar-refractivity contribution in [3.8, 4) is 0 Å². The number of rotatable bonds is 3. The van der Waals surface area contributed by atoms with Crippen molar-refractivity contribution in [1.82, 2.24) is 5.32 Å². The molecule has 0 aromatic heterocycles. The van der Waals surface area contributed by atoms with Crippen LogP contribution in [0.2, 0.25) is 0 Å². The second kappa shape index (κ2) is 5.58. The van der Waals surface area contributed by atoms with Crippen molar-refractivity contribution in [2.24, 2.45) is 0 Å². The number of hydrogen-bond acceptors (Lipinski definition) is 1. The van der Waals surface area contributed by atoms with Crippen LogP contribution in [-0.2, 0) is 6.42 Å². The number of aryl methyl sites for hydroxylation is 1. The van der Waals surface area contributed by atoms with E-state index in [9.17, 15) is 0 Å². The lowest BCUT2D eigenvalue weighted by Gasteiger charge is -2.21. The first-order chi connectivity index (χ1) is 9.34. The average molecular weight is 251 g/mol. The highest BCUT2D eigenvalue weighted by Crippen LogP contribution is 2.31. The van der Waals surface area contributed by atoms with E-state index in [0.29, 0.717) is 12.0 Å². The van der Waals surface area contributed by atoms with Crippen molar-refractivity contribution >= 4 is 0 Å². The monoisotopic (exact) mass is 251 g/mol. The lowest BCUT2D eigenvalue weighted by molar-refractivity contribution is 0.542. The smallest absolute Gasteiger partial charge is 0.0177 e. The fourth-order valence-corrected chi connectivity index (χ4v) is 3.23. The van der Waals surface area contributed by atoms with E-state index in [1.165, 1.54) is 23.1 Å². The molecule has 1 N–H and O–H groups in total. The van der Waals surface area contributed by atoms with E-state index in [-0.39, 0.29) is 0 Å². The Bertz CT molecular complexity index is 532. The van der Waals surface area contributed by atoms with Gasteiger partial charge in [0.15, 0.2) is 0 Å². The summed E-state index contributed by atoms with van der Waals surface area (Å²) >= 11 is 0. The Morgan fingerprint density at radius 3 is 2.53 bits per heavy atom. The lowest BCUT2D eigenvalue weighted by Crippen LogP contribution is -2.28. The van der Waals surface area contributed by atoms with Gasteiger partial charge >= 0.3 is 0 Å². The Kier molecular flexibility index (Phi) is 3.65. The Balaban J connectivity index is 1.81. The fourth-order valence-electron chi connectivity index (χ4n) is 3.23. The molecular formula is C18H21N. The van der Waals surface area contributed by atoms with Crippen LogP contribution in [0, 0.1) is 6.92 Å². The molecule has 2 aromatic rings. The van der Waals surface area contributed by atoms with Gasteiger partial charge in [-0.3, -0.25) is 0 Å². The zero-order chi connectivity index (χ0) is 13.1. The van der Waals surface area contributed by atoms with Gasteiger partial charge in [0.25, 0.3) is 0 Å². The summed E-state index contributed by atoms with van der Waals surface area (Å²) in [6.45, 7) is 3.36. The summed E-state index contributed by atoms with van der Waals surface area (Å²) in [6.07, 6.45) is 2.38. The Labute approximate surface area is 115 Å². The molecule has 1 saturated heterocycles. The van der Waals surface area contributed by atoms with Crippen molar-refractivity contribution in [1.29, 1.82) is 0 Å². The molecule has 0 aliphatic carbocycles. The predicted octanol–water partition coefficient (Wildman–Crippen LogP) is 3.68. The van der Waals surface area contributed by atoms with Crippen LogP contribution in [-0.4, -0.2) is 12.6 Å². The molecule has 1 heteroatoms. The molecule has 1 heterocycles. The molecule has 1 aliphatic heterocycles. The minimum absolute atomic E-state index is 0.573. The molecule has 0 amide bonds. The molecule has 3 rings (SSSR count). The topological polar surface area (TPSA) is 12.0 Å². The first-order valence-corrected chi connectivity index (χ1v) is 7.17. The van der Waals surface area contributed by atoms with E-state index in [2.05, 4.69) is 66.8 Å². The zero-order valence-corrected chi connectivity index (χ0v) is 11.5. The molecule has 0 spiro atoms. The van der Waals surface area contributed by atoms with E-state index in [1.54, 1.807) is 0 Å². The van der Waals surface area contributed by atoms with Gasteiger partial charge in [-0.1, -0.05) is 54.6 Å². The molecule has 0 saturated carbocycles. The van der Waals surface area contributed by atoms with Gasteiger partial charge < -0.3 is 5.32 Å². The maximum absolute atomic E-state index is 3.68. The van der Waals surface area contributed by atoms with Gasteiger partial charge in [0.05, 0.1) is 0 Å². The highest BCUT2D eigenvalue weighted by atomic mass is 14.9. The molecule has 0 bridgehead atoms. The number of nitrogens with one attached hydrogen (secondary N) is 1. The summed E-state index contributed by atoms with van der Waals surface area (Å²) < 4.78 is 0. The molecule has 0 radical (unpaired) electrons. The second-order valence-corrected chi connectivity index (χ2v) is 5.50. The largest absolute Gasteiger partial charge is 0.313 e. The maximum Gasteiger partial charge on any atom is 0.0177 e. The fraction of sp³-hybridized carbons (Fsp3) is 0.333. The molecule has 98 valence electrons. The molecule has 2 aromatic carbocycles. The second-order valence-electron chi connectivity index (χ2n) is 5.50. The highest BCUT2D eigenvalue weighted by molar-refractivity contribution is 5.32. The minimum atomic E-state index is 0.573.